The number of carbonyl (C=O) groups is 1. The summed E-state index contributed by atoms with van der Waals surface area (Å²) in [4.78, 5) is 11.6. The van der Waals surface area contributed by atoms with E-state index in [9.17, 15) is 9.90 Å². The zero-order chi connectivity index (χ0) is 12.1. The van der Waals surface area contributed by atoms with E-state index in [-0.39, 0.29) is 23.4 Å². The van der Waals surface area contributed by atoms with E-state index >= 15 is 0 Å². The smallest absolute Gasteiger partial charge is 0.251 e. The highest BCUT2D eigenvalue weighted by atomic mass is 16.3. The number of rotatable bonds is 4. The average molecular weight is 224 g/mol. The summed E-state index contributed by atoms with van der Waals surface area (Å²) in [6.45, 7) is 2.32. The van der Waals surface area contributed by atoms with Crippen LogP contribution in [-0.2, 0) is 0 Å². The molecule has 88 valence electrons. The Balaban J connectivity index is 2.63. The van der Waals surface area contributed by atoms with E-state index in [0.717, 1.165) is 6.42 Å². The van der Waals surface area contributed by atoms with Crippen molar-refractivity contribution in [1.29, 1.82) is 0 Å². The normalized spacial score (nSPS) is 12.1. The molecule has 1 rings (SSSR count). The van der Waals surface area contributed by atoms with E-state index in [4.69, 9.17) is 10.8 Å². The van der Waals surface area contributed by atoms with Crippen molar-refractivity contribution >= 4 is 5.91 Å². The standard InChI is InChI=1S/C11H16N2O3/c1-2-8(12)6-13-11(16)7-3-4-9(14)10(15)5-7/h3-5,8,14-15H,2,6,12H2,1H3,(H,13,16). The lowest BCUT2D eigenvalue weighted by atomic mass is 10.2. The number of nitrogens with two attached hydrogens (primary N) is 1. The molecule has 0 aliphatic rings. The van der Waals surface area contributed by atoms with Gasteiger partial charge in [-0.05, 0) is 24.6 Å². The highest BCUT2D eigenvalue weighted by Gasteiger charge is 2.09. The third-order valence-electron chi connectivity index (χ3n) is 2.29. The van der Waals surface area contributed by atoms with Gasteiger partial charge in [0.1, 0.15) is 0 Å². The first-order valence-electron chi connectivity index (χ1n) is 5.10. The molecule has 5 N–H and O–H groups in total. The van der Waals surface area contributed by atoms with Gasteiger partial charge >= 0.3 is 0 Å². The quantitative estimate of drug-likeness (QED) is 0.562. The largest absolute Gasteiger partial charge is 0.504 e. The van der Waals surface area contributed by atoms with Crippen LogP contribution in [0, 0.1) is 0 Å². The molecule has 0 bridgehead atoms. The number of amides is 1. The summed E-state index contributed by atoms with van der Waals surface area (Å²) in [5.41, 5.74) is 5.94. The number of aromatic hydroxyl groups is 2. The van der Waals surface area contributed by atoms with Crippen LogP contribution < -0.4 is 11.1 Å². The zero-order valence-corrected chi connectivity index (χ0v) is 9.10. The predicted molar refractivity (Wildman–Crippen MR) is 60.4 cm³/mol. The van der Waals surface area contributed by atoms with Crippen LogP contribution in [0.5, 0.6) is 11.5 Å². The molecule has 0 radical (unpaired) electrons. The van der Waals surface area contributed by atoms with Gasteiger partial charge in [-0.2, -0.15) is 0 Å². The van der Waals surface area contributed by atoms with Crippen molar-refractivity contribution in [3.8, 4) is 11.5 Å². The molecule has 0 saturated heterocycles. The van der Waals surface area contributed by atoms with Crippen molar-refractivity contribution < 1.29 is 15.0 Å². The maximum Gasteiger partial charge on any atom is 0.251 e. The number of benzene rings is 1. The number of carbonyl (C=O) groups excluding carboxylic acids is 1. The van der Waals surface area contributed by atoms with E-state index in [1.807, 2.05) is 6.92 Å². The van der Waals surface area contributed by atoms with E-state index in [2.05, 4.69) is 5.32 Å². The van der Waals surface area contributed by atoms with Crippen LogP contribution in [0.25, 0.3) is 0 Å². The lowest BCUT2D eigenvalue weighted by molar-refractivity contribution is 0.0950. The fourth-order valence-electron chi connectivity index (χ4n) is 1.13. The molecule has 0 aliphatic heterocycles. The van der Waals surface area contributed by atoms with Gasteiger partial charge in [-0.25, -0.2) is 0 Å². The van der Waals surface area contributed by atoms with Crippen LogP contribution in [0.15, 0.2) is 18.2 Å². The van der Waals surface area contributed by atoms with Gasteiger partial charge in [0.15, 0.2) is 11.5 Å². The minimum Gasteiger partial charge on any atom is -0.504 e. The van der Waals surface area contributed by atoms with Gasteiger partial charge in [0.05, 0.1) is 0 Å². The molecule has 1 amide bonds. The summed E-state index contributed by atoms with van der Waals surface area (Å²) in [7, 11) is 0. The lowest BCUT2D eigenvalue weighted by Crippen LogP contribution is -2.36. The van der Waals surface area contributed by atoms with Crippen molar-refractivity contribution in [2.75, 3.05) is 6.54 Å². The molecule has 5 heteroatoms. The Morgan fingerprint density at radius 2 is 2.12 bits per heavy atom. The zero-order valence-electron chi connectivity index (χ0n) is 9.10. The van der Waals surface area contributed by atoms with Crippen LogP contribution in [0.1, 0.15) is 23.7 Å². The summed E-state index contributed by atoms with van der Waals surface area (Å²) in [5, 5.41) is 20.9. The van der Waals surface area contributed by atoms with Gasteiger partial charge in [-0.1, -0.05) is 6.92 Å². The van der Waals surface area contributed by atoms with Gasteiger partial charge in [0.25, 0.3) is 5.91 Å². The van der Waals surface area contributed by atoms with Crippen molar-refractivity contribution in [3.05, 3.63) is 23.8 Å². The van der Waals surface area contributed by atoms with E-state index in [0.29, 0.717) is 12.1 Å². The Morgan fingerprint density at radius 1 is 1.44 bits per heavy atom. The molecular weight excluding hydrogens is 208 g/mol. The summed E-state index contributed by atoms with van der Waals surface area (Å²) in [6, 6.07) is 3.84. The minimum atomic E-state index is -0.320. The van der Waals surface area contributed by atoms with Gasteiger partial charge in [0, 0.05) is 18.2 Å². The first-order chi connectivity index (χ1) is 7.54. The number of phenolic OH excluding ortho intramolecular Hbond substituents is 2. The molecule has 0 fully saturated rings. The number of hydrogen-bond donors (Lipinski definition) is 4. The molecule has 0 aromatic heterocycles. The number of hydrogen-bond acceptors (Lipinski definition) is 4. The molecule has 0 heterocycles. The maximum absolute atomic E-state index is 11.6. The van der Waals surface area contributed by atoms with Crippen molar-refractivity contribution in [1.82, 2.24) is 5.32 Å². The second-order valence-corrected chi connectivity index (χ2v) is 3.58. The molecule has 1 atom stereocenters. The van der Waals surface area contributed by atoms with Crippen molar-refractivity contribution in [3.63, 3.8) is 0 Å². The summed E-state index contributed by atoms with van der Waals surface area (Å²) >= 11 is 0. The minimum absolute atomic E-state index is 0.0744. The van der Waals surface area contributed by atoms with Crippen LogP contribution in [0.4, 0.5) is 0 Å². The predicted octanol–water partition coefficient (Wildman–Crippen LogP) is 0.565. The van der Waals surface area contributed by atoms with Crippen LogP contribution in [0.3, 0.4) is 0 Å². The first-order valence-corrected chi connectivity index (χ1v) is 5.10. The van der Waals surface area contributed by atoms with E-state index in [1.165, 1.54) is 18.2 Å². The lowest BCUT2D eigenvalue weighted by Gasteiger charge is -2.10. The Labute approximate surface area is 93.9 Å². The van der Waals surface area contributed by atoms with Crippen molar-refractivity contribution in [2.24, 2.45) is 5.73 Å². The third kappa shape index (κ3) is 3.13. The Bertz CT molecular complexity index is 379. The van der Waals surface area contributed by atoms with Gasteiger partial charge in [-0.15, -0.1) is 0 Å². The Morgan fingerprint density at radius 3 is 2.69 bits per heavy atom. The van der Waals surface area contributed by atoms with E-state index < -0.39 is 0 Å². The molecular formula is C11H16N2O3. The first kappa shape index (κ1) is 12.3. The summed E-state index contributed by atoms with van der Waals surface area (Å²) in [5.74, 6) is -0.881. The SMILES string of the molecule is CCC(N)CNC(=O)c1ccc(O)c(O)c1. The third-order valence-corrected chi connectivity index (χ3v) is 2.29. The second-order valence-electron chi connectivity index (χ2n) is 3.58. The average Bonchev–Trinajstić information content (AvgIpc) is 2.29. The van der Waals surface area contributed by atoms with E-state index in [1.54, 1.807) is 0 Å². The van der Waals surface area contributed by atoms with Crippen LogP contribution >= 0.6 is 0 Å². The highest BCUT2D eigenvalue weighted by Crippen LogP contribution is 2.24. The summed E-state index contributed by atoms with van der Waals surface area (Å²) < 4.78 is 0. The second kappa shape index (κ2) is 5.37. The maximum atomic E-state index is 11.6. The molecule has 0 spiro atoms. The van der Waals surface area contributed by atoms with Crippen LogP contribution in [0.2, 0.25) is 0 Å². The van der Waals surface area contributed by atoms with Crippen molar-refractivity contribution in [2.45, 2.75) is 19.4 Å². The molecule has 0 aliphatic carbocycles. The van der Waals surface area contributed by atoms with Crippen LogP contribution in [-0.4, -0.2) is 28.7 Å². The fraction of sp³-hybridized carbons (Fsp3) is 0.364. The molecule has 1 aromatic carbocycles. The Kier molecular flexibility index (Phi) is 4.13. The molecule has 5 nitrogen and oxygen atoms in total. The monoisotopic (exact) mass is 224 g/mol. The van der Waals surface area contributed by atoms with Gasteiger partial charge in [0.2, 0.25) is 0 Å². The summed E-state index contributed by atoms with van der Waals surface area (Å²) in [6.07, 6.45) is 0.779. The molecule has 0 saturated carbocycles. The van der Waals surface area contributed by atoms with Gasteiger partial charge < -0.3 is 21.3 Å². The highest BCUT2D eigenvalue weighted by molar-refractivity contribution is 5.94. The topological polar surface area (TPSA) is 95.6 Å². The Hall–Kier alpha value is -1.75. The molecule has 1 unspecified atom stereocenters. The molecule has 1 aromatic rings. The fourth-order valence-corrected chi connectivity index (χ4v) is 1.13. The van der Waals surface area contributed by atoms with Gasteiger partial charge in [-0.3, -0.25) is 4.79 Å². The number of phenols is 2. The number of nitrogens with one attached hydrogen (secondary N) is 1. The molecule has 16 heavy (non-hydrogen) atoms.